The number of fused-ring (bicyclic) bond motifs is 1. The van der Waals surface area contributed by atoms with Gasteiger partial charge in [0.1, 0.15) is 0 Å². The van der Waals surface area contributed by atoms with Crippen LogP contribution >= 0.6 is 27.5 Å². The molecule has 0 aliphatic heterocycles. The highest BCUT2D eigenvalue weighted by Gasteiger charge is 2.03. The summed E-state index contributed by atoms with van der Waals surface area (Å²) in [5.74, 6) is 0. The van der Waals surface area contributed by atoms with Gasteiger partial charge in [-0.3, -0.25) is 0 Å². The van der Waals surface area contributed by atoms with Crippen molar-refractivity contribution in [2.24, 2.45) is 0 Å². The second kappa shape index (κ2) is 4.21. The molecule has 0 unspecified atom stereocenters. The van der Waals surface area contributed by atoms with Gasteiger partial charge in [-0.1, -0.05) is 33.6 Å². The molecule has 0 saturated heterocycles. The SMILES string of the molecule is Clc1ccc2c(ccn2-c2cccc(Br)c2)c1. The maximum absolute atomic E-state index is 5.98. The van der Waals surface area contributed by atoms with Crippen molar-refractivity contribution in [3.8, 4) is 5.69 Å². The molecule has 0 bridgehead atoms. The zero-order valence-electron chi connectivity index (χ0n) is 8.90. The fraction of sp³-hybridized carbons (Fsp3) is 0. The Labute approximate surface area is 113 Å². The lowest BCUT2D eigenvalue weighted by Gasteiger charge is -2.05. The number of hydrogen-bond donors (Lipinski definition) is 0. The van der Waals surface area contributed by atoms with Gasteiger partial charge in [-0.25, -0.2) is 0 Å². The predicted molar refractivity (Wildman–Crippen MR) is 76.0 cm³/mol. The average molecular weight is 307 g/mol. The van der Waals surface area contributed by atoms with Crippen LogP contribution in [0.25, 0.3) is 16.6 Å². The van der Waals surface area contributed by atoms with Crippen LogP contribution in [-0.2, 0) is 0 Å². The summed E-state index contributed by atoms with van der Waals surface area (Å²) in [7, 11) is 0. The van der Waals surface area contributed by atoms with Crippen molar-refractivity contribution in [3.05, 3.63) is 64.2 Å². The minimum absolute atomic E-state index is 0.768. The van der Waals surface area contributed by atoms with Gasteiger partial charge >= 0.3 is 0 Å². The van der Waals surface area contributed by atoms with E-state index < -0.39 is 0 Å². The molecule has 1 heterocycles. The Morgan fingerprint density at radius 1 is 1.00 bits per heavy atom. The Hall–Kier alpha value is -1.25. The molecule has 3 rings (SSSR count). The molecule has 0 N–H and O–H groups in total. The number of hydrogen-bond acceptors (Lipinski definition) is 0. The van der Waals surface area contributed by atoms with E-state index in [2.05, 4.69) is 44.9 Å². The number of aromatic nitrogens is 1. The van der Waals surface area contributed by atoms with Crippen LogP contribution in [0.15, 0.2) is 59.2 Å². The van der Waals surface area contributed by atoms with E-state index >= 15 is 0 Å². The first-order chi connectivity index (χ1) is 8.24. The predicted octanol–water partition coefficient (Wildman–Crippen LogP) is 5.05. The first-order valence-electron chi connectivity index (χ1n) is 5.26. The Morgan fingerprint density at radius 3 is 2.71 bits per heavy atom. The molecule has 0 fully saturated rings. The van der Waals surface area contributed by atoms with Crippen molar-refractivity contribution >= 4 is 38.4 Å². The van der Waals surface area contributed by atoms with Gasteiger partial charge in [0.15, 0.2) is 0 Å². The number of benzene rings is 2. The van der Waals surface area contributed by atoms with Crippen molar-refractivity contribution < 1.29 is 0 Å². The van der Waals surface area contributed by atoms with Crippen molar-refractivity contribution in [2.75, 3.05) is 0 Å². The maximum atomic E-state index is 5.98. The zero-order chi connectivity index (χ0) is 11.8. The van der Waals surface area contributed by atoms with Gasteiger partial charge in [-0.05, 0) is 42.5 Å². The Kier molecular flexibility index (Phi) is 2.69. The molecule has 0 spiro atoms. The molecule has 1 aromatic heterocycles. The van der Waals surface area contributed by atoms with Gasteiger partial charge < -0.3 is 4.57 Å². The Bertz CT molecular complexity index is 688. The highest BCUT2D eigenvalue weighted by atomic mass is 79.9. The fourth-order valence-corrected chi connectivity index (χ4v) is 2.53. The maximum Gasteiger partial charge on any atom is 0.0529 e. The van der Waals surface area contributed by atoms with Gasteiger partial charge in [-0.15, -0.1) is 0 Å². The van der Waals surface area contributed by atoms with E-state index in [0.29, 0.717) is 0 Å². The van der Waals surface area contributed by atoms with Crippen LogP contribution in [0.3, 0.4) is 0 Å². The van der Waals surface area contributed by atoms with E-state index in [1.807, 2.05) is 30.3 Å². The topological polar surface area (TPSA) is 4.93 Å². The van der Waals surface area contributed by atoms with E-state index in [4.69, 9.17) is 11.6 Å². The van der Waals surface area contributed by atoms with Gasteiger partial charge in [0.05, 0.1) is 5.52 Å². The lowest BCUT2D eigenvalue weighted by Crippen LogP contribution is -1.90. The molecule has 2 aromatic carbocycles. The summed E-state index contributed by atoms with van der Waals surface area (Å²) in [6.45, 7) is 0. The molecular formula is C14H9BrClN. The molecule has 0 radical (unpaired) electrons. The van der Waals surface area contributed by atoms with E-state index in [9.17, 15) is 0 Å². The monoisotopic (exact) mass is 305 g/mol. The van der Waals surface area contributed by atoms with Crippen LogP contribution < -0.4 is 0 Å². The minimum Gasteiger partial charge on any atom is -0.317 e. The molecule has 3 aromatic rings. The highest BCUT2D eigenvalue weighted by molar-refractivity contribution is 9.10. The third-order valence-electron chi connectivity index (χ3n) is 2.74. The summed E-state index contributed by atoms with van der Waals surface area (Å²) >= 11 is 9.47. The van der Waals surface area contributed by atoms with Gasteiger partial charge in [0, 0.05) is 26.8 Å². The highest BCUT2D eigenvalue weighted by Crippen LogP contribution is 2.24. The molecule has 0 saturated carbocycles. The van der Waals surface area contributed by atoms with Crippen molar-refractivity contribution in [2.45, 2.75) is 0 Å². The first-order valence-corrected chi connectivity index (χ1v) is 6.44. The van der Waals surface area contributed by atoms with Gasteiger partial charge in [0.2, 0.25) is 0 Å². The van der Waals surface area contributed by atoms with Gasteiger partial charge in [-0.2, -0.15) is 0 Å². The van der Waals surface area contributed by atoms with E-state index in [0.717, 1.165) is 26.1 Å². The van der Waals surface area contributed by atoms with Crippen LogP contribution in [0.4, 0.5) is 0 Å². The largest absolute Gasteiger partial charge is 0.317 e. The standard InChI is InChI=1S/C14H9BrClN/c15-11-2-1-3-13(9-11)17-7-6-10-8-12(16)4-5-14(10)17/h1-9H. The van der Waals surface area contributed by atoms with Crippen LogP contribution in [-0.4, -0.2) is 4.57 Å². The van der Waals surface area contributed by atoms with Gasteiger partial charge in [0.25, 0.3) is 0 Å². The number of halogens is 2. The van der Waals surface area contributed by atoms with Crippen LogP contribution in [0.5, 0.6) is 0 Å². The molecular weight excluding hydrogens is 298 g/mol. The Balaban J connectivity index is 2.24. The second-order valence-electron chi connectivity index (χ2n) is 3.87. The third kappa shape index (κ3) is 1.99. The molecule has 1 nitrogen and oxygen atoms in total. The van der Waals surface area contributed by atoms with Crippen LogP contribution in [0.1, 0.15) is 0 Å². The smallest absolute Gasteiger partial charge is 0.0529 e. The summed E-state index contributed by atoms with van der Waals surface area (Å²) < 4.78 is 3.22. The summed E-state index contributed by atoms with van der Waals surface area (Å²) in [5.41, 5.74) is 2.30. The Morgan fingerprint density at radius 2 is 1.88 bits per heavy atom. The van der Waals surface area contributed by atoms with E-state index in [1.54, 1.807) is 0 Å². The molecule has 17 heavy (non-hydrogen) atoms. The summed E-state index contributed by atoms with van der Waals surface area (Å²) in [5, 5.41) is 1.92. The third-order valence-corrected chi connectivity index (χ3v) is 3.47. The molecule has 3 heteroatoms. The summed E-state index contributed by atoms with van der Waals surface area (Å²) in [6.07, 6.45) is 2.06. The lowest BCUT2D eigenvalue weighted by atomic mass is 10.2. The van der Waals surface area contributed by atoms with Crippen molar-refractivity contribution in [1.29, 1.82) is 0 Å². The molecule has 0 aliphatic rings. The number of nitrogens with zero attached hydrogens (tertiary/aromatic N) is 1. The molecule has 0 aliphatic carbocycles. The van der Waals surface area contributed by atoms with E-state index in [1.165, 1.54) is 0 Å². The van der Waals surface area contributed by atoms with Crippen LogP contribution in [0.2, 0.25) is 5.02 Å². The normalized spacial score (nSPS) is 10.9. The molecule has 84 valence electrons. The molecule has 0 amide bonds. The summed E-state index contributed by atoms with van der Waals surface area (Å²) in [6, 6.07) is 16.2. The van der Waals surface area contributed by atoms with Crippen molar-refractivity contribution in [3.63, 3.8) is 0 Å². The zero-order valence-corrected chi connectivity index (χ0v) is 11.2. The van der Waals surface area contributed by atoms with E-state index in [-0.39, 0.29) is 0 Å². The second-order valence-corrected chi connectivity index (χ2v) is 5.22. The summed E-state index contributed by atoms with van der Waals surface area (Å²) in [4.78, 5) is 0. The lowest BCUT2D eigenvalue weighted by molar-refractivity contribution is 1.13. The average Bonchev–Trinajstić information content (AvgIpc) is 2.71. The minimum atomic E-state index is 0.768. The van der Waals surface area contributed by atoms with Crippen LogP contribution in [0, 0.1) is 0 Å². The van der Waals surface area contributed by atoms with Crippen molar-refractivity contribution in [1.82, 2.24) is 4.57 Å². The quantitative estimate of drug-likeness (QED) is 0.593. The first kappa shape index (κ1) is 10.9. The fourth-order valence-electron chi connectivity index (χ4n) is 1.96. The number of rotatable bonds is 1. The molecule has 0 atom stereocenters.